The van der Waals surface area contributed by atoms with Crippen molar-refractivity contribution in [2.24, 2.45) is 0 Å². The van der Waals surface area contributed by atoms with E-state index < -0.39 is 0 Å². The van der Waals surface area contributed by atoms with E-state index >= 15 is 0 Å². The van der Waals surface area contributed by atoms with Crippen molar-refractivity contribution in [3.05, 3.63) is 53.1 Å². The quantitative estimate of drug-likeness (QED) is 0.479. The molecule has 1 aliphatic carbocycles. The number of carbonyl (C=O) groups excluding carboxylic acids is 2. The van der Waals surface area contributed by atoms with Crippen LogP contribution in [-0.4, -0.2) is 30.9 Å². The highest BCUT2D eigenvalue weighted by molar-refractivity contribution is 6.22. The van der Waals surface area contributed by atoms with Gasteiger partial charge in [-0.05, 0) is 31.6 Å². The van der Waals surface area contributed by atoms with Crippen molar-refractivity contribution in [1.29, 1.82) is 0 Å². The molecule has 1 fully saturated rings. The van der Waals surface area contributed by atoms with Crippen molar-refractivity contribution in [2.75, 3.05) is 19.2 Å². The summed E-state index contributed by atoms with van der Waals surface area (Å²) in [6.07, 6.45) is 4.40. The van der Waals surface area contributed by atoms with Crippen LogP contribution in [0.2, 0.25) is 0 Å². The van der Waals surface area contributed by atoms with Crippen LogP contribution >= 0.6 is 0 Å². The van der Waals surface area contributed by atoms with E-state index in [2.05, 4.69) is 5.43 Å². The molecule has 1 heterocycles. The number of methoxy groups -OCH3 is 2. The zero-order chi connectivity index (χ0) is 19.6. The Morgan fingerprint density at radius 2 is 1.78 bits per heavy atom. The van der Waals surface area contributed by atoms with Gasteiger partial charge >= 0.3 is 0 Å². The van der Waals surface area contributed by atoms with Gasteiger partial charge in [0.2, 0.25) is 0 Å². The van der Waals surface area contributed by atoms with Gasteiger partial charge in [-0.15, -0.1) is 0 Å². The number of nitrogens with one attached hydrogen (secondary N) is 1. The van der Waals surface area contributed by atoms with Gasteiger partial charge in [0.1, 0.15) is 11.3 Å². The van der Waals surface area contributed by atoms with E-state index in [0.717, 1.165) is 11.4 Å². The van der Waals surface area contributed by atoms with Crippen LogP contribution in [-0.2, 0) is 9.59 Å². The Kier molecular flexibility index (Phi) is 5.21. The van der Waals surface area contributed by atoms with Gasteiger partial charge in [0.15, 0.2) is 23.1 Å². The van der Waals surface area contributed by atoms with Crippen molar-refractivity contribution in [2.45, 2.75) is 26.2 Å². The normalized spacial score (nSPS) is 17.1. The zero-order valence-corrected chi connectivity index (χ0v) is 15.5. The molecule has 0 bridgehead atoms. The minimum Gasteiger partial charge on any atom is -0.506 e. The summed E-state index contributed by atoms with van der Waals surface area (Å²) in [4.78, 5) is 24.3. The Hall–Kier alpha value is -3.22. The van der Waals surface area contributed by atoms with Gasteiger partial charge in [0.25, 0.3) is 0 Å². The average molecular weight is 370 g/mol. The number of aliphatic hydroxyl groups excluding tert-OH is 1. The van der Waals surface area contributed by atoms with E-state index in [1.165, 1.54) is 0 Å². The Morgan fingerprint density at radius 1 is 1.11 bits per heavy atom. The lowest BCUT2D eigenvalue weighted by Gasteiger charge is -2.28. The smallest absolute Gasteiger partial charge is 0.170 e. The Bertz CT molecular complexity index is 864. The lowest BCUT2D eigenvalue weighted by Crippen LogP contribution is -2.35. The lowest BCUT2D eigenvalue weighted by atomic mass is 9.89. The number of hydrogen-bond donors (Lipinski definition) is 2. The molecule has 0 spiro atoms. The number of carbonyl (C=O) groups is 2. The van der Waals surface area contributed by atoms with Gasteiger partial charge in [0.05, 0.1) is 19.9 Å². The molecule has 3 rings (SSSR count). The summed E-state index contributed by atoms with van der Waals surface area (Å²) in [6.45, 7) is 1.82. The molecule has 0 saturated heterocycles. The van der Waals surface area contributed by atoms with Crippen LogP contribution in [0.4, 0.5) is 5.69 Å². The third kappa shape index (κ3) is 3.67. The number of allylic oxidation sites excluding steroid dienone is 3. The number of anilines is 1. The fourth-order valence-corrected chi connectivity index (χ4v) is 3.13. The first-order valence-corrected chi connectivity index (χ1v) is 8.62. The molecule has 1 aromatic rings. The van der Waals surface area contributed by atoms with Gasteiger partial charge < -0.3 is 14.6 Å². The van der Waals surface area contributed by atoms with E-state index in [-0.39, 0.29) is 35.7 Å². The Morgan fingerprint density at radius 3 is 2.41 bits per heavy atom. The number of benzene rings is 1. The number of rotatable bonds is 4. The predicted molar refractivity (Wildman–Crippen MR) is 101 cm³/mol. The van der Waals surface area contributed by atoms with Gasteiger partial charge in [-0.2, -0.15) is 0 Å². The third-order valence-corrected chi connectivity index (χ3v) is 4.46. The maximum Gasteiger partial charge on any atom is 0.170 e. The molecule has 27 heavy (non-hydrogen) atoms. The largest absolute Gasteiger partial charge is 0.506 e. The topological polar surface area (TPSA) is 88.1 Å². The fourth-order valence-electron chi connectivity index (χ4n) is 3.13. The SMILES string of the molecule is COc1ccc(N2C=C(C(O)=C3C(=O)CCCC3=O)C=C(C)N2)cc1OC. The molecule has 7 heteroatoms. The second-order valence-electron chi connectivity index (χ2n) is 6.36. The van der Waals surface area contributed by atoms with Crippen molar-refractivity contribution < 1.29 is 24.2 Å². The summed E-state index contributed by atoms with van der Waals surface area (Å²) in [6, 6.07) is 5.37. The minimum atomic E-state index is -0.313. The van der Waals surface area contributed by atoms with Crippen molar-refractivity contribution in [3.8, 4) is 11.5 Å². The van der Waals surface area contributed by atoms with Crippen LogP contribution in [0.25, 0.3) is 0 Å². The van der Waals surface area contributed by atoms with E-state index in [0.29, 0.717) is 23.5 Å². The molecule has 142 valence electrons. The van der Waals surface area contributed by atoms with Gasteiger partial charge in [-0.1, -0.05) is 0 Å². The van der Waals surface area contributed by atoms with Gasteiger partial charge in [0, 0.05) is 36.4 Å². The molecule has 0 unspecified atom stereocenters. The number of ketones is 2. The molecule has 2 N–H and O–H groups in total. The number of Topliss-reactive ketones (excluding diaryl/α,β-unsaturated/α-hetero) is 2. The second-order valence-corrected chi connectivity index (χ2v) is 6.36. The molecular weight excluding hydrogens is 348 g/mol. The van der Waals surface area contributed by atoms with Crippen LogP contribution in [0.3, 0.4) is 0 Å². The first-order valence-electron chi connectivity index (χ1n) is 8.62. The Labute approximate surface area is 157 Å². The van der Waals surface area contributed by atoms with Crippen LogP contribution < -0.4 is 19.9 Å². The van der Waals surface area contributed by atoms with Crippen molar-refractivity contribution in [1.82, 2.24) is 5.43 Å². The van der Waals surface area contributed by atoms with Crippen LogP contribution in [0.15, 0.2) is 53.1 Å². The highest BCUT2D eigenvalue weighted by Gasteiger charge is 2.29. The number of hydrogen-bond acceptors (Lipinski definition) is 7. The second kappa shape index (κ2) is 7.57. The number of nitrogens with zero attached hydrogens (tertiary/aromatic N) is 1. The summed E-state index contributed by atoms with van der Waals surface area (Å²) in [5.74, 6) is 0.243. The summed E-state index contributed by atoms with van der Waals surface area (Å²) in [5.41, 5.74) is 4.91. The first kappa shape index (κ1) is 18.6. The van der Waals surface area contributed by atoms with Crippen LogP contribution in [0.5, 0.6) is 11.5 Å². The molecule has 1 saturated carbocycles. The van der Waals surface area contributed by atoms with E-state index in [9.17, 15) is 14.7 Å². The molecule has 1 aliphatic heterocycles. The summed E-state index contributed by atoms with van der Waals surface area (Å²) < 4.78 is 10.6. The molecule has 0 atom stereocenters. The first-order chi connectivity index (χ1) is 12.9. The third-order valence-electron chi connectivity index (χ3n) is 4.46. The van der Waals surface area contributed by atoms with Crippen molar-refractivity contribution in [3.63, 3.8) is 0 Å². The molecule has 0 radical (unpaired) electrons. The fraction of sp³-hybridized carbons (Fsp3) is 0.300. The average Bonchev–Trinajstić information content (AvgIpc) is 2.66. The number of ether oxygens (including phenoxy) is 2. The molecule has 0 aromatic heterocycles. The highest BCUT2D eigenvalue weighted by Crippen LogP contribution is 2.33. The van der Waals surface area contributed by atoms with Crippen LogP contribution in [0.1, 0.15) is 26.2 Å². The highest BCUT2D eigenvalue weighted by atomic mass is 16.5. The molecular formula is C20H22N2O5. The zero-order valence-electron chi connectivity index (χ0n) is 15.5. The summed E-state index contributed by atoms with van der Waals surface area (Å²) in [5, 5.41) is 12.3. The Balaban J connectivity index is 2.01. The van der Waals surface area contributed by atoms with Crippen LogP contribution in [0, 0.1) is 0 Å². The molecule has 0 amide bonds. The monoisotopic (exact) mass is 370 g/mol. The molecule has 1 aromatic carbocycles. The lowest BCUT2D eigenvalue weighted by molar-refractivity contribution is -0.124. The standard InChI is InChI=1S/C20H22N2O5/c1-12-9-13(20(25)19-15(23)5-4-6-16(19)24)11-22(21-12)14-7-8-17(26-2)18(10-14)27-3/h7-11,21,25H,4-6H2,1-3H3. The predicted octanol–water partition coefficient (Wildman–Crippen LogP) is 2.95. The summed E-state index contributed by atoms with van der Waals surface area (Å²) >= 11 is 0. The van der Waals surface area contributed by atoms with Crippen molar-refractivity contribution >= 4 is 17.3 Å². The molecule has 2 aliphatic rings. The van der Waals surface area contributed by atoms with Gasteiger partial charge in [-0.3, -0.25) is 20.0 Å². The summed E-state index contributed by atoms with van der Waals surface area (Å²) in [7, 11) is 3.11. The van der Waals surface area contributed by atoms with E-state index in [1.807, 2.05) is 13.0 Å². The van der Waals surface area contributed by atoms with Gasteiger partial charge in [-0.25, -0.2) is 0 Å². The van der Waals surface area contributed by atoms with E-state index in [1.54, 1.807) is 43.6 Å². The van der Waals surface area contributed by atoms with E-state index in [4.69, 9.17) is 9.47 Å². The maximum atomic E-state index is 12.1. The number of aliphatic hydroxyl groups is 1. The minimum absolute atomic E-state index is 0.106. The maximum absolute atomic E-state index is 12.1. The number of hydrazine groups is 1. The molecule has 7 nitrogen and oxygen atoms in total.